The van der Waals surface area contributed by atoms with E-state index in [-0.39, 0.29) is 6.04 Å². The van der Waals surface area contributed by atoms with E-state index in [1.807, 2.05) is 45.0 Å². The first-order valence-electron chi connectivity index (χ1n) is 6.23. The quantitative estimate of drug-likeness (QED) is 0.626. The van der Waals surface area contributed by atoms with Crippen LogP contribution in [0.5, 0.6) is 0 Å². The number of hydrogen-bond acceptors (Lipinski definition) is 2. The molecular weight excluding hydrogens is 357 g/mol. The molecule has 0 aromatic heterocycles. The predicted octanol–water partition coefficient (Wildman–Crippen LogP) is 3.89. The van der Waals surface area contributed by atoms with Gasteiger partial charge in [-0.1, -0.05) is 25.1 Å². The van der Waals surface area contributed by atoms with Crippen molar-refractivity contribution in [3.8, 4) is 0 Å². The van der Waals surface area contributed by atoms with E-state index in [1.54, 1.807) is 7.11 Å². The van der Waals surface area contributed by atoms with Gasteiger partial charge in [0.25, 0.3) is 0 Å². The van der Waals surface area contributed by atoms with Gasteiger partial charge in [-0.2, -0.15) is 0 Å². The maximum Gasteiger partial charge on any atom is 0.410 e. The Labute approximate surface area is 127 Å². The molecule has 0 unspecified atom stereocenters. The first-order chi connectivity index (χ1) is 8.90. The lowest BCUT2D eigenvalue weighted by Gasteiger charge is -2.43. The van der Waals surface area contributed by atoms with Crippen molar-refractivity contribution >= 4 is 28.7 Å². The van der Waals surface area contributed by atoms with Gasteiger partial charge in [-0.05, 0) is 48.9 Å². The molecular formula is C14H20INO3. The van der Waals surface area contributed by atoms with Crippen LogP contribution in [0, 0.1) is 3.57 Å². The second-order valence-corrected chi connectivity index (χ2v) is 5.73. The van der Waals surface area contributed by atoms with Gasteiger partial charge in [0, 0.05) is 22.3 Å². The Balaban J connectivity index is 3.47. The maximum absolute atomic E-state index is 11.6. The number of halogens is 1. The fourth-order valence-corrected chi connectivity index (χ4v) is 3.22. The molecule has 0 saturated heterocycles. The van der Waals surface area contributed by atoms with Crippen molar-refractivity contribution in [2.75, 3.05) is 7.11 Å². The summed E-state index contributed by atoms with van der Waals surface area (Å²) in [4.78, 5) is 13.0. The Bertz CT molecular complexity index is 444. The molecule has 5 heteroatoms. The standard InChI is InChI=1S/C14H20INO3/c1-5-14(19-4,16(10(2)3)13(17)18)11-8-6-7-9-12(11)15/h6-10H,5H2,1-4H3,(H,17,18)/t14-/m0/s1. The summed E-state index contributed by atoms with van der Waals surface area (Å²) in [5.41, 5.74) is -0.0608. The van der Waals surface area contributed by atoms with Crippen molar-refractivity contribution in [3.05, 3.63) is 33.4 Å². The summed E-state index contributed by atoms with van der Waals surface area (Å²) in [7, 11) is 1.56. The maximum atomic E-state index is 11.6. The van der Waals surface area contributed by atoms with Crippen LogP contribution in [0.1, 0.15) is 32.8 Å². The second kappa shape index (κ2) is 6.56. The van der Waals surface area contributed by atoms with E-state index in [9.17, 15) is 9.90 Å². The summed E-state index contributed by atoms with van der Waals surface area (Å²) < 4.78 is 6.68. The van der Waals surface area contributed by atoms with E-state index in [4.69, 9.17) is 4.74 Å². The summed E-state index contributed by atoms with van der Waals surface area (Å²) in [6, 6.07) is 7.55. The lowest BCUT2D eigenvalue weighted by molar-refractivity contribution is -0.142. The van der Waals surface area contributed by atoms with E-state index in [0.29, 0.717) is 6.42 Å². The fraction of sp³-hybridized carbons (Fsp3) is 0.500. The zero-order valence-electron chi connectivity index (χ0n) is 11.7. The first-order valence-corrected chi connectivity index (χ1v) is 7.31. The van der Waals surface area contributed by atoms with Crippen LogP contribution in [0.4, 0.5) is 4.79 Å². The van der Waals surface area contributed by atoms with Gasteiger partial charge in [-0.25, -0.2) is 4.79 Å². The lowest BCUT2D eigenvalue weighted by Crippen LogP contribution is -2.53. The summed E-state index contributed by atoms with van der Waals surface area (Å²) in [6.07, 6.45) is -0.424. The molecule has 1 amide bonds. The van der Waals surface area contributed by atoms with Crippen LogP contribution in [0.15, 0.2) is 24.3 Å². The largest absolute Gasteiger partial charge is 0.465 e. The number of benzene rings is 1. The summed E-state index contributed by atoms with van der Waals surface area (Å²) >= 11 is 2.21. The number of rotatable bonds is 5. The van der Waals surface area contributed by atoms with Gasteiger partial charge in [0.1, 0.15) is 0 Å². The highest BCUT2D eigenvalue weighted by Gasteiger charge is 2.43. The van der Waals surface area contributed by atoms with Crippen LogP contribution in [0.25, 0.3) is 0 Å². The number of carbonyl (C=O) groups is 1. The Morgan fingerprint density at radius 3 is 2.42 bits per heavy atom. The second-order valence-electron chi connectivity index (χ2n) is 4.57. The molecule has 0 aliphatic heterocycles. The monoisotopic (exact) mass is 377 g/mol. The van der Waals surface area contributed by atoms with E-state index < -0.39 is 11.8 Å². The third kappa shape index (κ3) is 3.02. The zero-order valence-corrected chi connectivity index (χ0v) is 13.8. The van der Waals surface area contributed by atoms with Crippen molar-refractivity contribution in [1.29, 1.82) is 0 Å². The summed E-state index contributed by atoms with van der Waals surface area (Å²) in [6.45, 7) is 5.64. The van der Waals surface area contributed by atoms with Crippen LogP contribution in [-0.4, -0.2) is 29.3 Å². The molecule has 0 heterocycles. The van der Waals surface area contributed by atoms with Gasteiger partial charge in [-0.15, -0.1) is 0 Å². The van der Waals surface area contributed by atoms with Gasteiger partial charge in [-0.3, -0.25) is 4.90 Å². The highest BCUT2D eigenvalue weighted by atomic mass is 127. The van der Waals surface area contributed by atoms with Crippen molar-refractivity contribution < 1.29 is 14.6 Å². The van der Waals surface area contributed by atoms with E-state index in [1.165, 1.54) is 4.90 Å². The van der Waals surface area contributed by atoms with Gasteiger partial charge in [0.05, 0.1) is 0 Å². The molecule has 106 valence electrons. The Morgan fingerprint density at radius 2 is 2.05 bits per heavy atom. The van der Waals surface area contributed by atoms with Crippen molar-refractivity contribution in [2.45, 2.75) is 39.0 Å². The zero-order chi connectivity index (χ0) is 14.6. The average molecular weight is 377 g/mol. The number of amides is 1. The number of methoxy groups -OCH3 is 1. The Hall–Kier alpha value is -0.820. The lowest BCUT2D eigenvalue weighted by atomic mass is 9.96. The highest BCUT2D eigenvalue weighted by Crippen LogP contribution is 2.37. The first kappa shape index (κ1) is 16.2. The topological polar surface area (TPSA) is 49.8 Å². The van der Waals surface area contributed by atoms with Crippen LogP contribution in [-0.2, 0) is 10.5 Å². The molecule has 1 atom stereocenters. The van der Waals surface area contributed by atoms with Crippen LogP contribution < -0.4 is 0 Å². The average Bonchev–Trinajstić information content (AvgIpc) is 2.35. The molecule has 1 aromatic rings. The molecule has 0 spiro atoms. The number of ether oxygens (including phenoxy) is 1. The normalized spacial score (nSPS) is 14.2. The van der Waals surface area contributed by atoms with Crippen molar-refractivity contribution in [1.82, 2.24) is 4.90 Å². The highest BCUT2D eigenvalue weighted by molar-refractivity contribution is 14.1. The molecule has 19 heavy (non-hydrogen) atoms. The Kier molecular flexibility index (Phi) is 5.61. The van der Waals surface area contributed by atoms with Gasteiger partial charge >= 0.3 is 6.09 Å². The minimum Gasteiger partial charge on any atom is -0.465 e. The van der Waals surface area contributed by atoms with Crippen LogP contribution >= 0.6 is 22.6 Å². The molecule has 0 fully saturated rings. The molecule has 1 rings (SSSR count). The number of carboxylic acid groups (broad SMARTS) is 1. The van der Waals surface area contributed by atoms with Crippen LogP contribution in [0.3, 0.4) is 0 Å². The fourth-order valence-electron chi connectivity index (χ4n) is 2.41. The molecule has 0 bridgehead atoms. The third-order valence-corrected chi connectivity index (χ3v) is 4.16. The number of nitrogens with zero attached hydrogens (tertiary/aromatic N) is 1. The molecule has 0 saturated carbocycles. The number of hydrogen-bond donors (Lipinski definition) is 1. The van der Waals surface area contributed by atoms with Gasteiger partial charge < -0.3 is 9.84 Å². The smallest absolute Gasteiger partial charge is 0.410 e. The van der Waals surface area contributed by atoms with Crippen molar-refractivity contribution in [3.63, 3.8) is 0 Å². The minimum atomic E-state index is -0.974. The van der Waals surface area contributed by atoms with E-state index in [2.05, 4.69) is 22.6 Å². The molecule has 0 aliphatic carbocycles. The van der Waals surface area contributed by atoms with E-state index >= 15 is 0 Å². The summed E-state index contributed by atoms with van der Waals surface area (Å²) in [5.74, 6) is 0. The third-order valence-electron chi connectivity index (χ3n) is 3.22. The molecule has 0 radical (unpaired) electrons. The van der Waals surface area contributed by atoms with Crippen LogP contribution in [0.2, 0.25) is 0 Å². The molecule has 1 aromatic carbocycles. The SMILES string of the molecule is CC[C@](OC)(c1ccccc1I)N(C(=O)O)C(C)C. The van der Waals surface area contributed by atoms with Gasteiger partial charge in [0.2, 0.25) is 0 Å². The molecule has 4 nitrogen and oxygen atoms in total. The molecule has 1 N–H and O–H groups in total. The van der Waals surface area contributed by atoms with E-state index in [0.717, 1.165) is 9.13 Å². The Morgan fingerprint density at radius 1 is 1.47 bits per heavy atom. The van der Waals surface area contributed by atoms with Gasteiger partial charge in [0.15, 0.2) is 5.72 Å². The predicted molar refractivity (Wildman–Crippen MR) is 83.1 cm³/mol. The molecule has 0 aliphatic rings. The summed E-state index contributed by atoms with van der Waals surface area (Å²) in [5, 5.41) is 9.54. The van der Waals surface area contributed by atoms with Crippen molar-refractivity contribution in [2.24, 2.45) is 0 Å². The minimum absolute atomic E-state index is 0.173.